The lowest BCUT2D eigenvalue weighted by atomic mass is 9.90. The number of halogens is 3. The van der Waals surface area contributed by atoms with E-state index in [0.29, 0.717) is 10.8 Å². The number of hydrogen-bond acceptors (Lipinski definition) is 3. The minimum atomic E-state index is -4.45. The normalized spacial score (nSPS) is 16.6. The molecule has 0 fully saturated rings. The van der Waals surface area contributed by atoms with Gasteiger partial charge in [-0.3, -0.25) is 20.4 Å². The molecule has 148 valence electrons. The lowest BCUT2D eigenvalue weighted by Gasteiger charge is -2.16. The number of hydrazine groups is 1. The fourth-order valence-corrected chi connectivity index (χ4v) is 4.13. The predicted octanol–water partition coefficient (Wildman–Crippen LogP) is 4.37. The van der Waals surface area contributed by atoms with Crippen LogP contribution in [-0.4, -0.2) is 11.8 Å². The summed E-state index contributed by atoms with van der Waals surface area (Å²) in [6.45, 7) is 2.18. The SMILES string of the molecule is CC1CCc2sc(C(=O)NNC(=O)C=Cc3cccc(C(F)(F)F)c3)cc2C1. The van der Waals surface area contributed by atoms with Crippen LogP contribution in [0.15, 0.2) is 36.4 Å². The third-order valence-electron chi connectivity index (χ3n) is 4.49. The molecule has 0 saturated carbocycles. The summed E-state index contributed by atoms with van der Waals surface area (Å²) < 4.78 is 38.1. The minimum absolute atomic E-state index is 0.233. The Kier molecular flexibility index (Phi) is 5.88. The van der Waals surface area contributed by atoms with E-state index in [9.17, 15) is 22.8 Å². The Morgan fingerprint density at radius 2 is 2.00 bits per heavy atom. The van der Waals surface area contributed by atoms with Crippen LogP contribution in [0.4, 0.5) is 13.2 Å². The van der Waals surface area contributed by atoms with Crippen LogP contribution < -0.4 is 10.9 Å². The van der Waals surface area contributed by atoms with E-state index in [1.165, 1.54) is 40.0 Å². The zero-order valence-corrected chi connectivity index (χ0v) is 15.9. The summed E-state index contributed by atoms with van der Waals surface area (Å²) in [6, 6.07) is 6.48. The van der Waals surface area contributed by atoms with Gasteiger partial charge in [0.05, 0.1) is 10.4 Å². The van der Waals surface area contributed by atoms with E-state index in [4.69, 9.17) is 0 Å². The Balaban J connectivity index is 1.56. The van der Waals surface area contributed by atoms with Gasteiger partial charge in [-0.2, -0.15) is 13.2 Å². The quantitative estimate of drug-likeness (QED) is 0.586. The van der Waals surface area contributed by atoms with Crippen LogP contribution in [0.25, 0.3) is 6.08 Å². The molecule has 2 N–H and O–H groups in total. The molecule has 1 atom stereocenters. The molecular weight excluding hydrogens is 389 g/mol. The monoisotopic (exact) mass is 408 g/mol. The number of nitrogens with one attached hydrogen (secondary N) is 2. The summed E-state index contributed by atoms with van der Waals surface area (Å²) in [4.78, 5) is 25.8. The zero-order chi connectivity index (χ0) is 20.3. The third kappa shape index (κ3) is 5.01. The first-order valence-corrected chi connectivity index (χ1v) is 9.61. The Morgan fingerprint density at radius 3 is 2.75 bits per heavy atom. The van der Waals surface area contributed by atoms with Gasteiger partial charge in [0, 0.05) is 11.0 Å². The van der Waals surface area contributed by atoms with Gasteiger partial charge in [-0.15, -0.1) is 11.3 Å². The van der Waals surface area contributed by atoms with Crippen molar-refractivity contribution in [1.29, 1.82) is 0 Å². The summed E-state index contributed by atoms with van der Waals surface area (Å²) in [5.74, 6) is -0.452. The first-order valence-electron chi connectivity index (χ1n) is 8.79. The van der Waals surface area contributed by atoms with E-state index < -0.39 is 23.6 Å². The van der Waals surface area contributed by atoms with Crippen molar-refractivity contribution in [3.8, 4) is 0 Å². The highest BCUT2D eigenvalue weighted by atomic mass is 32.1. The second-order valence-electron chi connectivity index (χ2n) is 6.81. The number of aryl methyl sites for hydroxylation is 1. The summed E-state index contributed by atoms with van der Waals surface area (Å²) >= 11 is 1.42. The fourth-order valence-electron chi connectivity index (χ4n) is 3.03. The number of thiophene rings is 1. The standard InChI is InChI=1S/C20H19F3N2O2S/c1-12-5-7-16-14(9-12)11-17(28-16)19(27)25-24-18(26)8-6-13-3-2-4-15(10-13)20(21,22)23/h2-4,6,8,10-12H,5,7,9H2,1H3,(H,24,26)(H,25,27). The molecule has 2 amide bonds. The van der Waals surface area contributed by atoms with Crippen molar-refractivity contribution in [1.82, 2.24) is 10.9 Å². The number of rotatable bonds is 3. The number of hydrogen-bond donors (Lipinski definition) is 2. The third-order valence-corrected chi connectivity index (χ3v) is 5.73. The average molecular weight is 408 g/mol. The number of alkyl halides is 3. The molecule has 0 radical (unpaired) electrons. The largest absolute Gasteiger partial charge is 0.416 e. The molecule has 2 aromatic rings. The molecule has 0 bridgehead atoms. The van der Waals surface area contributed by atoms with E-state index in [1.54, 1.807) is 0 Å². The van der Waals surface area contributed by atoms with Crippen LogP contribution in [0.3, 0.4) is 0 Å². The maximum absolute atomic E-state index is 12.7. The average Bonchev–Trinajstić information content (AvgIpc) is 3.07. The van der Waals surface area contributed by atoms with Crippen molar-refractivity contribution in [3.05, 3.63) is 62.9 Å². The van der Waals surface area contributed by atoms with E-state index in [1.807, 2.05) is 6.07 Å². The molecule has 28 heavy (non-hydrogen) atoms. The zero-order valence-electron chi connectivity index (χ0n) is 15.1. The number of carbonyl (C=O) groups is 2. The molecule has 1 unspecified atom stereocenters. The first kappa shape index (κ1) is 20.1. The van der Waals surface area contributed by atoms with Crippen molar-refractivity contribution >= 4 is 29.2 Å². The number of carbonyl (C=O) groups excluding carboxylic acids is 2. The molecular formula is C20H19F3N2O2S. The van der Waals surface area contributed by atoms with Gasteiger partial charge in [0.2, 0.25) is 0 Å². The van der Waals surface area contributed by atoms with Crippen LogP contribution in [0.1, 0.15) is 44.6 Å². The van der Waals surface area contributed by atoms with Gasteiger partial charge >= 0.3 is 6.18 Å². The first-order chi connectivity index (χ1) is 13.2. The Labute approximate surface area is 164 Å². The molecule has 1 heterocycles. The van der Waals surface area contributed by atoms with Gasteiger partial charge in [-0.25, -0.2) is 0 Å². The Morgan fingerprint density at radius 1 is 1.21 bits per heavy atom. The lowest BCUT2D eigenvalue weighted by molar-refractivity contribution is -0.137. The van der Waals surface area contributed by atoms with Crippen molar-refractivity contribution in [3.63, 3.8) is 0 Å². The van der Waals surface area contributed by atoms with E-state index in [2.05, 4.69) is 17.8 Å². The van der Waals surface area contributed by atoms with Gasteiger partial charge in [0.25, 0.3) is 11.8 Å². The summed E-state index contributed by atoms with van der Waals surface area (Å²) in [5.41, 5.74) is 5.20. The predicted molar refractivity (Wildman–Crippen MR) is 102 cm³/mol. The molecule has 8 heteroatoms. The second-order valence-corrected chi connectivity index (χ2v) is 7.94. The molecule has 1 aromatic heterocycles. The molecule has 0 saturated heterocycles. The van der Waals surface area contributed by atoms with Crippen LogP contribution in [-0.2, 0) is 23.8 Å². The van der Waals surface area contributed by atoms with Crippen LogP contribution in [0.2, 0.25) is 0 Å². The van der Waals surface area contributed by atoms with E-state index in [-0.39, 0.29) is 5.56 Å². The summed E-state index contributed by atoms with van der Waals surface area (Å²) in [6.07, 6.45) is 0.883. The van der Waals surface area contributed by atoms with Gasteiger partial charge in [0.1, 0.15) is 0 Å². The van der Waals surface area contributed by atoms with Gasteiger partial charge in [-0.1, -0.05) is 19.1 Å². The maximum atomic E-state index is 12.7. The minimum Gasteiger partial charge on any atom is -0.268 e. The highest BCUT2D eigenvalue weighted by Gasteiger charge is 2.30. The van der Waals surface area contributed by atoms with Crippen molar-refractivity contribution < 1.29 is 22.8 Å². The maximum Gasteiger partial charge on any atom is 0.416 e. The van der Waals surface area contributed by atoms with Crippen LogP contribution in [0.5, 0.6) is 0 Å². The molecule has 1 aliphatic rings. The van der Waals surface area contributed by atoms with Crippen molar-refractivity contribution in [2.75, 3.05) is 0 Å². The summed E-state index contributed by atoms with van der Waals surface area (Å²) in [7, 11) is 0. The van der Waals surface area contributed by atoms with Crippen LogP contribution in [0, 0.1) is 5.92 Å². The Bertz CT molecular complexity index is 918. The van der Waals surface area contributed by atoms with Crippen molar-refractivity contribution in [2.45, 2.75) is 32.4 Å². The molecule has 4 nitrogen and oxygen atoms in total. The topological polar surface area (TPSA) is 58.2 Å². The molecule has 0 aliphatic heterocycles. The smallest absolute Gasteiger partial charge is 0.268 e. The lowest BCUT2D eigenvalue weighted by Crippen LogP contribution is -2.40. The second kappa shape index (κ2) is 8.18. The summed E-state index contributed by atoms with van der Waals surface area (Å²) in [5, 5.41) is 0. The van der Waals surface area contributed by atoms with Crippen molar-refractivity contribution in [2.24, 2.45) is 5.92 Å². The Hall–Kier alpha value is -2.61. The number of benzene rings is 1. The number of fused-ring (bicyclic) bond motifs is 1. The number of amides is 2. The van der Waals surface area contributed by atoms with E-state index in [0.717, 1.165) is 37.5 Å². The van der Waals surface area contributed by atoms with Crippen LogP contribution >= 0.6 is 11.3 Å². The molecule has 0 spiro atoms. The van der Waals surface area contributed by atoms with Gasteiger partial charge in [-0.05, 0) is 60.6 Å². The molecule has 1 aromatic carbocycles. The highest BCUT2D eigenvalue weighted by Crippen LogP contribution is 2.32. The fraction of sp³-hybridized carbons (Fsp3) is 0.300. The van der Waals surface area contributed by atoms with Gasteiger partial charge < -0.3 is 0 Å². The molecule has 3 rings (SSSR count). The van der Waals surface area contributed by atoms with E-state index >= 15 is 0 Å². The van der Waals surface area contributed by atoms with Gasteiger partial charge in [0.15, 0.2) is 0 Å². The molecule has 1 aliphatic carbocycles. The highest BCUT2D eigenvalue weighted by molar-refractivity contribution is 7.14.